The minimum atomic E-state index is 0.158. The normalized spacial score (nSPS) is 11.1. The van der Waals surface area contributed by atoms with Crippen molar-refractivity contribution in [3.63, 3.8) is 0 Å². The number of hydrogen-bond acceptors (Lipinski definition) is 1. The number of aromatic nitrogens is 1. The lowest BCUT2D eigenvalue weighted by Crippen LogP contribution is -2.37. The molecule has 0 aliphatic heterocycles. The summed E-state index contributed by atoms with van der Waals surface area (Å²) in [5.74, 6) is 0.158. The van der Waals surface area contributed by atoms with E-state index in [4.69, 9.17) is 0 Å². The van der Waals surface area contributed by atoms with Crippen molar-refractivity contribution < 1.29 is 9.36 Å². The van der Waals surface area contributed by atoms with Crippen LogP contribution in [0.4, 0.5) is 0 Å². The molecule has 2 nitrogen and oxygen atoms in total. The third-order valence-corrected chi connectivity index (χ3v) is 6.70. The number of unbranched alkanes of at least 4 members (excludes halogenated alkanes) is 15. The van der Waals surface area contributed by atoms with Gasteiger partial charge in [0.05, 0.1) is 0 Å². The van der Waals surface area contributed by atoms with Crippen LogP contribution in [0, 0.1) is 0 Å². The first-order chi connectivity index (χ1) is 16.3. The van der Waals surface area contributed by atoms with Gasteiger partial charge in [0.25, 0.3) is 0 Å². The van der Waals surface area contributed by atoms with E-state index >= 15 is 0 Å². The highest BCUT2D eigenvalue weighted by molar-refractivity contribution is 5.94. The quantitative estimate of drug-likeness (QED) is 0.112. The number of benzene rings is 1. The summed E-state index contributed by atoms with van der Waals surface area (Å²) in [5, 5.41) is 0. The lowest BCUT2D eigenvalue weighted by Gasteiger charge is -2.04. The molecule has 0 aliphatic carbocycles. The molecule has 0 fully saturated rings. The van der Waals surface area contributed by atoms with Crippen molar-refractivity contribution in [2.75, 3.05) is 0 Å². The number of hydrogen-bond donors (Lipinski definition) is 0. The number of carbonyl (C=O) groups is 1. The van der Waals surface area contributed by atoms with E-state index in [1.54, 1.807) is 0 Å². The Bertz CT molecular complexity index is 722. The van der Waals surface area contributed by atoms with Gasteiger partial charge in [-0.2, -0.15) is 4.57 Å². The van der Waals surface area contributed by atoms with Crippen LogP contribution in [-0.2, 0) is 13.0 Å². The van der Waals surface area contributed by atoms with Gasteiger partial charge in [0, 0.05) is 17.7 Å². The second-order valence-electron chi connectivity index (χ2n) is 9.72. The van der Waals surface area contributed by atoms with E-state index in [1.807, 2.05) is 47.3 Å². The van der Waals surface area contributed by atoms with E-state index in [0.29, 0.717) is 6.54 Å². The zero-order valence-electron chi connectivity index (χ0n) is 21.3. The summed E-state index contributed by atoms with van der Waals surface area (Å²) in [6.45, 7) is 2.70. The molecule has 0 saturated heterocycles. The fourth-order valence-electron chi connectivity index (χ4n) is 4.52. The van der Waals surface area contributed by atoms with Crippen LogP contribution in [0.3, 0.4) is 0 Å². The molecule has 0 spiro atoms. The van der Waals surface area contributed by atoms with Crippen LogP contribution in [0.2, 0.25) is 0 Å². The summed E-state index contributed by atoms with van der Waals surface area (Å²) in [4.78, 5) is 12.3. The van der Waals surface area contributed by atoms with E-state index < -0.39 is 0 Å². The van der Waals surface area contributed by atoms with Crippen LogP contribution < -0.4 is 4.57 Å². The Hall–Kier alpha value is -1.96. The van der Waals surface area contributed by atoms with Crippen LogP contribution in [0.25, 0.3) is 0 Å². The molecule has 1 heterocycles. The Morgan fingerprint density at radius 3 is 1.55 bits per heavy atom. The molecule has 0 bridgehead atoms. The number of carbonyl (C=O) groups excluding carboxylic acids is 1. The zero-order chi connectivity index (χ0) is 23.4. The first-order valence-corrected chi connectivity index (χ1v) is 13.9. The second kappa shape index (κ2) is 18.5. The summed E-state index contributed by atoms with van der Waals surface area (Å²) in [7, 11) is 0. The molecule has 0 radical (unpaired) electrons. The average molecular weight is 451 g/mol. The van der Waals surface area contributed by atoms with Crippen molar-refractivity contribution >= 4 is 5.78 Å². The van der Waals surface area contributed by atoms with Crippen LogP contribution in [0.1, 0.15) is 126 Å². The van der Waals surface area contributed by atoms with Crippen molar-refractivity contribution in [2.24, 2.45) is 0 Å². The third kappa shape index (κ3) is 13.4. The molecule has 0 amide bonds. The van der Waals surface area contributed by atoms with E-state index in [-0.39, 0.29) is 5.78 Å². The number of nitrogens with zero attached hydrogens (tertiary/aromatic N) is 1. The van der Waals surface area contributed by atoms with Crippen LogP contribution in [-0.4, -0.2) is 5.78 Å². The summed E-state index contributed by atoms with van der Waals surface area (Å²) < 4.78 is 1.98. The highest BCUT2D eigenvalue weighted by Gasteiger charge is 2.11. The summed E-state index contributed by atoms with van der Waals surface area (Å²) in [6.07, 6.45) is 27.8. The fourth-order valence-corrected chi connectivity index (χ4v) is 4.52. The van der Waals surface area contributed by atoms with E-state index in [9.17, 15) is 4.79 Å². The number of Topliss-reactive ketones (excluding diaryl/α,β-unsaturated/α-hetero) is 1. The predicted molar refractivity (Wildman–Crippen MR) is 141 cm³/mol. The molecule has 0 N–H and O–H groups in total. The maximum atomic E-state index is 12.3. The van der Waals surface area contributed by atoms with Crippen LogP contribution in [0.15, 0.2) is 54.9 Å². The molecule has 0 atom stereocenters. The van der Waals surface area contributed by atoms with Crippen LogP contribution >= 0.6 is 0 Å². The SMILES string of the molecule is CCCCCCCCCCCCCCCCCCc1cc[n+](CC(=O)c2ccccc2)cc1. The highest BCUT2D eigenvalue weighted by atomic mass is 16.1. The van der Waals surface area contributed by atoms with E-state index in [1.165, 1.54) is 108 Å². The average Bonchev–Trinajstić information content (AvgIpc) is 2.85. The van der Waals surface area contributed by atoms with Crippen molar-refractivity contribution in [1.29, 1.82) is 0 Å². The molecule has 1 aromatic heterocycles. The summed E-state index contributed by atoms with van der Waals surface area (Å²) in [6, 6.07) is 13.9. The van der Waals surface area contributed by atoms with Crippen molar-refractivity contribution in [3.8, 4) is 0 Å². The minimum absolute atomic E-state index is 0.158. The topological polar surface area (TPSA) is 20.9 Å². The molecule has 33 heavy (non-hydrogen) atoms. The molecular formula is C31H48NO+. The van der Waals surface area contributed by atoms with E-state index in [2.05, 4.69) is 19.1 Å². The second-order valence-corrected chi connectivity index (χ2v) is 9.72. The Labute approximate surface area is 203 Å². The molecular weight excluding hydrogens is 402 g/mol. The zero-order valence-corrected chi connectivity index (χ0v) is 21.3. The largest absolute Gasteiger partial charge is 0.287 e. The molecule has 2 rings (SSSR count). The van der Waals surface area contributed by atoms with Gasteiger partial charge in [-0.15, -0.1) is 0 Å². The number of rotatable bonds is 20. The Morgan fingerprint density at radius 1 is 0.606 bits per heavy atom. The van der Waals surface area contributed by atoms with Gasteiger partial charge in [0.15, 0.2) is 12.4 Å². The standard InChI is InChI=1S/C31H48NO/c1-2-3-4-5-6-7-8-9-10-11-12-13-14-15-16-18-21-29-24-26-32(27-25-29)28-31(33)30-22-19-17-20-23-30/h17,19-20,22-27H,2-16,18,21,28H2,1H3/q+1. The van der Waals surface area contributed by atoms with Gasteiger partial charge < -0.3 is 0 Å². The lowest BCUT2D eigenvalue weighted by atomic mass is 10.0. The molecule has 0 unspecified atom stereocenters. The van der Waals surface area contributed by atoms with Crippen molar-refractivity contribution in [2.45, 2.75) is 123 Å². The van der Waals surface area contributed by atoms with Crippen LogP contribution in [0.5, 0.6) is 0 Å². The number of ketones is 1. The smallest absolute Gasteiger partial charge is 0.227 e. The number of aryl methyl sites for hydroxylation is 1. The van der Waals surface area contributed by atoms with Gasteiger partial charge in [-0.25, -0.2) is 0 Å². The first-order valence-electron chi connectivity index (χ1n) is 13.9. The summed E-state index contributed by atoms with van der Waals surface area (Å²) in [5.41, 5.74) is 2.16. The van der Waals surface area contributed by atoms with Gasteiger partial charge in [-0.3, -0.25) is 4.79 Å². The van der Waals surface area contributed by atoms with Gasteiger partial charge in [-0.05, 0) is 18.4 Å². The van der Waals surface area contributed by atoms with Gasteiger partial charge in [0.1, 0.15) is 0 Å². The molecule has 0 saturated carbocycles. The molecule has 2 heteroatoms. The first kappa shape index (κ1) is 27.3. The fraction of sp³-hybridized carbons (Fsp3) is 0.613. The van der Waals surface area contributed by atoms with Crippen molar-refractivity contribution in [3.05, 3.63) is 66.0 Å². The Balaban J connectivity index is 1.40. The van der Waals surface area contributed by atoms with E-state index in [0.717, 1.165) is 12.0 Å². The Kier molecular flexibility index (Phi) is 15.3. The maximum Gasteiger partial charge on any atom is 0.227 e. The maximum absolute atomic E-state index is 12.3. The molecule has 2 aromatic rings. The number of pyridine rings is 1. The third-order valence-electron chi connectivity index (χ3n) is 6.70. The van der Waals surface area contributed by atoms with Gasteiger partial charge >= 0.3 is 0 Å². The molecule has 0 aliphatic rings. The molecule has 182 valence electrons. The minimum Gasteiger partial charge on any atom is -0.287 e. The lowest BCUT2D eigenvalue weighted by molar-refractivity contribution is -0.683. The van der Waals surface area contributed by atoms with Crippen molar-refractivity contribution in [1.82, 2.24) is 0 Å². The Morgan fingerprint density at radius 2 is 1.06 bits per heavy atom. The van der Waals surface area contributed by atoms with Gasteiger partial charge in [-0.1, -0.05) is 134 Å². The predicted octanol–water partition coefficient (Wildman–Crippen LogP) is 8.66. The highest BCUT2D eigenvalue weighted by Crippen LogP contribution is 2.14. The molecule has 1 aromatic carbocycles. The monoisotopic (exact) mass is 450 g/mol. The summed E-state index contributed by atoms with van der Waals surface area (Å²) >= 11 is 0. The van der Waals surface area contributed by atoms with Gasteiger partial charge in [0.2, 0.25) is 12.3 Å².